The summed E-state index contributed by atoms with van der Waals surface area (Å²) in [7, 11) is 0. The molecule has 0 bridgehead atoms. The van der Waals surface area contributed by atoms with E-state index in [0.717, 1.165) is 5.56 Å². The highest BCUT2D eigenvalue weighted by Crippen LogP contribution is 2.21. The van der Waals surface area contributed by atoms with E-state index in [1.54, 1.807) is 0 Å². The Labute approximate surface area is 126 Å². The van der Waals surface area contributed by atoms with Gasteiger partial charge in [0.05, 0.1) is 5.75 Å². The van der Waals surface area contributed by atoms with E-state index in [-0.39, 0.29) is 12.0 Å². The molecular weight excluding hydrogens is 270 g/mol. The molecule has 2 N–H and O–H groups in total. The van der Waals surface area contributed by atoms with Crippen LogP contribution in [0, 0.1) is 13.8 Å². The fraction of sp³-hybridized carbons (Fsp3) is 0.562. The van der Waals surface area contributed by atoms with E-state index in [4.69, 9.17) is 10.5 Å². The Morgan fingerprint density at radius 1 is 1.35 bits per heavy atom. The molecule has 0 spiro atoms. The molecule has 3 nitrogen and oxygen atoms in total. The highest BCUT2D eigenvalue weighted by Gasteiger charge is 2.17. The van der Waals surface area contributed by atoms with Crippen molar-refractivity contribution in [2.45, 2.75) is 46.3 Å². The van der Waals surface area contributed by atoms with Gasteiger partial charge in [-0.05, 0) is 45.7 Å². The van der Waals surface area contributed by atoms with Crippen LogP contribution in [0.15, 0.2) is 18.2 Å². The number of hydrogen-bond acceptors (Lipinski definition) is 4. The number of benzene rings is 1. The monoisotopic (exact) mass is 295 g/mol. The molecule has 112 valence electrons. The standard InChI is InChI=1S/C16H25NO2S/c1-11-6-7-13(12(2)8-11)14(17)9-20-10-15(18)19-16(3,4)5/h6-8,14H,9-10,17H2,1-5H3. The zero-order chi connectivity index (χ0) is 15.3. The Hall–Kier alpha value is -1.00. The lowest BCUT2D eigenvalue weighted by molar-refractivity contribution is -0.151. The van der Waals surface area contributed by atoms with Gasteiger partial charge in [0.1, 0.15) is 5.60 Å². The molecule has 0 fully saturated rings. The molecule has 0 aromatic heterocycles. The van der Waals surface area contributed by atoms with Crippen LogP contribution in [0.5, 0.6) is 0 Å². The van der Waals surface area contributed by atoms with Crippen molar-refractivity contribution in [1.82, 2.24) is 0 Å². The molecule has 1 unspecified atom stereocenters. The number of aryl methyl sites for hydroxylation is 2. The van der Waals surface area contributed by atoms with E-state index >= 15 is 0 Å². The molecular formula is C16H25NO2S. The van der Waals surface area contributed by atoms with Gasteiger partial charge in [0.2, 0.25) is 0 Å². The van der Waals surface area contributed by atoms with Crippen LogP contribution in [0.4, 0.5) is 0 Å². The van der Waals surface area contributed by atoms with Crippen molar-refractivity contribution in [1.29, 1.82) is 0 Å². The predicted octanol–water partition coefficient (Wildman–Crippen LogP) is 3.38. The van der Waals surface area contributed by atoms with Crippen molar-refractivity contribution in [3.63, 3.8) is 0 Å². The topological polar surface area (TPSA) is 52.3 Å². The molecule has 1 aromatic carbocycles. The van der Waals surface area contributed by atoms with E-state index < -0.39 is 5.60 Å². The first-order valence-electron chi connectivity index (χ1n) is 6.81. The van der Waals surface area contributed by atoms with Crippen molar-refractivity contribution >= 4 is 17.7 Å². The van der Waals surface area contributed by atoms with Gasteiger partial charge in [-0.25, -0.2) is 0 Å². The molecule has 0 aliphatic rings. The van der Waals surface area contributed by atoms with Gasteiger partial charge < -0.3 is 10.5 Å². The van der Waals surface area contributed by atoms with E-state index in [1.807, 2.05) is 20.8 Å². The van der Waals surface area contributed by atoms with E-state index in [1.165, 1.54) is 22.9 Å². The van der Waals surface area contributed by atoms with Crippen molar-refractivity contribution in [3.05, 3.63) is 34.9 Å². The summed E-state index contributed by atoms with van der Waals surface area (Å²) < 4.78 is 5.26. The van der Waals surface area contributed by atoms with Gasteiger partial charge in [-0.2, -0.15) is 0 Å². The average molecular weight is 295 g/mol. The maximum absolute atomic E-state index is 11.6. The van der Waals surface area contributed by atoms with E-state index in [2.05, 4.69) is 32.0 Å². The number of esters is 1. The van der Waals surface area contributed by atoms with Crippen molar-refractivity contribution in [3.8, 4) is 0 Å². The molecule has 1 atom stereocenters. The lowest BCUT2D eigenvalue weighted by Gasteiger charge is -2.20. The molecule has 1 aromatic rings. The van der Waals surface area contributed by atoms with Crippen LogP contribution >= 0.6 is 11.8 Å². The van der Waals surface area contributed by atoms with Crippen LogP contribution in [0.2, 0.25) is 0 Å². The molecule has 0 heterocycles. The summed E-state index contributed by atoms with van der Waals surface area (Å²) in [6, 6.07) is 6.22. The normalized spacial score (nSPS) is 13.1. The van der Waals surface area contributed by atoms with Crippen molar-refractivity contribution in [2.24, 2.45) is 5.73 Å². The molecule has 4 heteroatoms. The number of nitrogens with two attached hydrogens (primary N) is 1. The summed E-state index contributed by atoms with van der Waals surface area (Å²) in [6.07, 6.45) is 0. The summed E-state index contributed by atoms with van der Waals surface area (Å²) in [6.45, 7) is 9.76. The number of carbonyl (C=O) groups excluding carboxylic acids is 1. The zero-order valence-electron chi connectivity index (χ0n) is 13.0. The summed E-state index contributed by atoms with van der Waals surface area (Å²) >= 11 is 1.52. The van der Waals surface area contributed by atoms with Crippen LogP contribution in [0.1, 0.15) is 43.5 Å². The molecule has 0 saturated heterocycles. The summed E-state index contributed by atoms with van der Waals surface area (Å²) in [5.41, 5.74) is 9.35. The molecule has 0 saturated carbocycles. The quantitative estimate of drug-likeness (QED) is 0.846. The van der Waals surface area contributed by atoms with Crippen LogP contribution in [-0.2, 0) is 9.53 Å². The molecule has 20 heavy (non-hydrogen) atoms. The van der Waals surface area contributed by atoms with Crippen LogP contribution in [-0.4, -0.2) is 23.1 Å². The number of hydrogen-bond donors (Lipinski definition) is 1. The Balaban J connectivity index is 2.44. The lowest BCUT2D eigenvalue weighted by atomic mass is 10.0. The third kappa shape index (κ3) is 5.97. The molecule has 0 radical (unpaired) electrons. The number of ether oxygens (including phenoxy) is 1. The second kappa shape index (κ2) is 7.14. The number of carbonyl (C=O) groups is 1. The zero-order valence-corrected chi connectivity index (χ0v) is 13.8. The summed E-state index contributed by atoms with van der Waals surface area (Å²) in [4.78, 5) is 11.6. The number of rotatable bonds is 5. The van der Waals surface area contributed by atoms with Gasteiger partial charge in [-0.3, -0.25) is 4.79 Å². The molecule has 1 rings (SSSR count). The van der Waals surface area contributed by atoms with Crippen LogP contribution < -0.4 is 5.73 Å². The fourth-order valence-electron chi connectivity index (χ4n) is 1.97. The van der Waals surface area contributed by atoms with Gasteiger partial charge >= 0.3 is 5.97 Å². The predicted molar refractivity (Wildman–Crippen MR) is 86.0 cm³/mol. The van der Waals surface area contributed by atoms with Crippen LogP contribution in [0.25, 0.3) is 0 Å². The van der Waals surface area contributed by atoms with Gasteiger partial charge in [0.15, 0.2) is 0 Å². The minimum Gasteiger partial charge on any atom is -0.459 e. The van der Waals surface area contributed by atoms with Gasteiger partial charge in [0, 0.05) is 11.8 Å². The largest absolute Gasteiger partial charge is 0.459 e. The third-order valence-electron chi connectivity index (χ3n) is 2.76. The molecule has 0 amide bonds. The molecule has 0 aliphatic carbocycles. The van der Waals surface area contributed by atoms with E-state index in [9.17, 15) is 4.79 Å². The fourth-order valence-corrected chi connectivity index (χ4v) is 2.75. The second-order valence-corrected chi connectivity index (χ2v) is 7.10. The first-order valence-corrected chi connectivity index (χ1v) is 7.97. The minimum atomic E-state index is -0.423. The van der Waals surface area contributed by atoms with Gasteiger partial charge in [-0.1, -0.05) is 23.8 Å². The Bertz CT molecular complexity index is 466. The Morgan fingerprint density at radius 2 is 2.00 bits per heavy atom. The first-order chi connectivity index (χ1) is 9.19. The SMILES string of the molecule is Cc1ccc(C(N)CSCC(=O)OC(C)(C)C)c(C)c1. The minimum absolute atomic E-state index is 0.0527. The average Bonchev–Trinajstić information content (AvgIpc) is 2.25. The second-order valence-electron chi connectivity index (χ2n) is 6.07. The van der Waals surface area contributed by atoms with Crippen molar-refractivity contribution in [2.75, 3.05) is 11.5 Å². The van der Waals surface area contributed by atoms with Crippen molar-refractivity contribution < 1.29 is 9.53 Å². The number of thioether (sulfide) groups is 1. The molecule has 0 aliphatic heterocycles. The summed E-state index contributed by atoms with van der Waals surface area (Å²) in [5, 5.41) is 0. The highest BCUT2D eigenvalue weighted by molar-refractivity contribution is 7.99. The lowest BCUT2D eigenvalue weighted by Crippen LogP contribution is -2.25. The summed E-state index contributed by atoms with van der Waals surface area (Å²) in [5.74, 6) is 0.870. The van der Waals surface area contributed by atoms with E-state index in [0.29, 0.717) is 11.5 Å². The highest BCUT2D eigenvalue weighted by atomic mass is 32.2. The maximum Gasteiger partial charge on any atom is 0.316 e. The third-order valence-corrected chi connectivity index (χ3v) is 3.80. The smallest absolute Gasteiger partial charge is 0.316 e. The van der Waals surface area contributed by atoms with Crippen LogP contribution in [0.3, 0.4) is 0 Å². The van der Waals surface area contributed by atoms with Gasteiger partial charge in [0.25, 0.3) is 0 Å². The maximum atomic E-state index is 11.6. The first kappa shape index (κ1) is 17.1. The Kier molecular flexibility index (Phi) is 6.08. The van der Waals surface area contributed by atoms with Gasteiger partial charge in [-0.15, -0.1) is 11.8 Å². The Morgan fingerprint density at radius 3 is 2.55 bits per heavy atom.